The molecule has 0 radical (unpaired) electrons. The Balaban J connectivity index is 1.92. The minimum absolute atomic E-state index is 0.680. The number of nitrogens with two attached hydrogens (primary N) is 1. The molecule has 1 heterocycles. The van der Waals surface area contributed by atoms with Gasteiger partial charge in [-0.05, 0) is 19.9 Å². The number of hydrogen-bond donors (Lipinski definition) is 2. The van der Waals surface area contributed by atoms with Gasteiger partial charge in [-0.1, -0.05) is 11.3 Å². The number of aromatic nitrogens is 2. The zero-order chi connectivity index (χ0) is 9.26. The number of nitrogens with zero attached hydrogens (tertiary/aromatic N) is 3. The maximum atomic E-state index is 5.21. The van der Waals surface area contributed by atoms with Gasteiger partial charge in [0.05, 0.1) is 6.54 Å². The van der Waals surface area contributed by atoms with Crippen LogP contribution in [0, 0.1) is 0 Å². The number of hydrogen-bond acceptors (Lipinski definition) is 6. The van der Waals surface area contributed by atoms with E-state index in [2.05, 4.69) is 27.6 Å². The Morgan fingerprint density at radius 3 is 2.92 bits per heavy atom. The predicted octanol–water partition coefficient (Wildman–Crippen LogP) is 0.418. The molecule has 0 unspecified atom stereocenters. The molecule has 1 aromatic heterocycles. The number of nitrogens with one attached hydrogen (secondary N) is 1. The SMILES string of the molecule is CN(Cc1nnc(NN)s1)C1CC1. The lowest BCUT2D eigenvalue weighted by Gasteiger charge is -2.12. The molecule has 0 aromatic carbocycles. The Hall–Kier alpha value is -0.720. The standard InChI is InChI=1S/C7H13N5S/c1-12(5-2-3-5)4-6-10-11-7(9-8)13-6/h5H,2-4,8H2,1H3,(H,9,11). The average molecular weight is 199 g/mol. The maximum absolute atomic E-state index is 5.21. The molecule has 3 N–H and O–H groups in total. The van der Waals surface area contributed by atoms with Gasteiger partial charge in [-0.2, -0.15) is 0 Å². The van der Waals surface area contributed by atoms with Crippen LogP contribution in [-0.2, 0) is 6.54 Å². The van der Waals surface area contributed by atoms with E-state index in [1.54, 1.807) is 0 Å². The van der Waals surface area contributed by atoms with Gasteiger partial charge in [0.15, 0.2) is 0 Å². The van der Waals surface area contributed by atoms with Crippen molar-refractivity contribution in [2.45, 2.75) is 25.4 Å². The molecule has 0 amide bonds. The summed E-state index contributed by atoms with van der Waals surface area (Å²) in [5.41, 5.74) is 2.49. The first-order valence-electron chi connectivity index (χ1n) is 4.29. The number of anilines is 1. The van der Waals surface area contributed by atoms with E-state index in [9.17, 15) is 0 Å². The molecule has 0 bridgehead atoms. The normalized spacial score (nSPS) is 16.5. The third-order valence-corrected chi connectivity index (χ3v) is 2.98. The summed E-state index contributed by atoms with van der Waals surface area (Å²) in [7, 11) is 2.12. The van der Waals surface area contributed by atoms with E-state index in [0.717, 1.165) is 17.6 Å². The van der Waals surface area contributed by atoms with Crippen LogP contribution in [-0.4, -0.2) is 28.2 Å². The molecule has 1 aliphatic carbocycles. The van der Waals surface area contributed by atoms with Gasteiger partial charge >= 0.3 is 0 Å². The van der Waals surface area contributed by atoms with Crippen LogP contribution in [0.4, 0.5) is 5.13 Å². The van der Waals surface area contributed by atoms with Gasteiger partial charge in [-0.3, -0.25) is 10.3 Å². The Morgan fingerprint density at radius 2 is 2.38 bits per heavy atom. The van der Waals surface area contributed by atoms with Crippen molar-refractivity contribution in [2.75, 3.05) is 12.5 Å². The van der Waals surface area contributed by atoms with Crippen LogP contribution in [0.25, 0.3) is 0 Å². The molecule has 72 valence electrons. The molecule has 0 atom stereocenters. The first-order valence-corrected chi connectivity index (χ1v) is 5.10. The van der Waals surface area contributed by atoms with Crippen molar-refractivity contribution in [1.29, 1.82) is 0 Å². The first-order chi connectivity index (χ1) is 6.29. The van der Waals surface area contributed by atoms with Crippen LogP contribution in [0.2, 0.25) is 0 Å². The van der Waals surface area contributed by atoms with Crippen molar-refractivity contribution < 1.29 is 0 Å². The molecule has 13 heavy (non-hydrogen) atoms. The minimum Gasteiger partial charge on any atom is -0.298 e. The summed E-state index contributed by atoms with van der Waals surface area (Å²) in [6, 6.07) is 0.762. The monoisotopic (exact) mass is 199 g/mol. The van der Waals surface area contributed by atoms with E-state index in [0.29, 0.717) is 5.13 Å². The second kappa shape index (κ2) is 3.57. The third-order valence-electron chi connectivity index (χ3n) is 2.15. The molecule has 1 aliphatic rings. The molecule has 1 saturated carbocycles. The summed E-state index contributed by atoms with van der Waals surface area (Å²) in [5, 5.41) is 9.59. The molecular formula is C7H13N5S. The summed E-state index contributed by atoms with van der Waals surface area (Å²) in [4.78, 5) is 2.31. The topological polar surface area (TPSA) is 67.1 Å². The maximum Gasteiger partial charge on any atom is 0.219 e. The molecule has 6 heteroatoms. The highest BCUT2D eigenvalue weighted by atomic mass is 32.1. The van der Waals surface area contributed by atoms with Crippen molar-refractivity contribution in [3.05, 3.63) is 5.01 Å². The van der Waals surface area contributed by atoms with Crippen LogP contribution in [0.3, 0.4) is 0 Å². The second-order valence-electron chi connectivity index (χ2n) is 3.29. The highest BCUT2D eigenvalue weighted by molar-refractivity contribution is 7.15. The van der Waals surface area contributed by atoms with E-state index in [1.807, 2.05) is 0 Å². The van der Waals surface area contributed by atoms with Gasteiger partial charge in [0, 0.05) is 6.04 Å². The van der Waals surface area contributed by atoms with Crippen molar-refractivity contribution in [3.8, 4) is 0 Å². The van der Waals surface area contributed by atoms with Gasteiger partial charge < -0.3 is 0 Å². The lowest BCUT2D eigenvalue weighted by molar-refractivity contribution is 0.315. The highest BCUT2D eigenvalue weighted by Crippen LogP contribution is 2.27. The molecule has 0 saturated heterocycles. The van der Waals surface area contributed by atoms with Gasteiger partial charge in [0.25, 0.3) is 0 Å². The summed E-state index contributed by atoms with van der Waals surface area (Å²) in [5.74, 6) is 5.21. The molecule has 5 nitrogen and oxygen atoms in total. The number of rotatable bonds is 4. The Kier molecular flexibility index (Phi) is 2.43. The van der Waals surface area contributed by atoms with E-state index >= 15 is 0 Å². The largest absolute Gasteiger partial charge is 0.298 e. The van der Waals surface area contributed by atoms with Crippen LogP contribution < -0.4 is 11.3 Å². The van der Waals surface area contributed by atoms with Crippen LogP contribution in [0.5, 0.6) is 0 Å². The summed E-state index contributed by atoms with van der Waals surface area (Å²) < 4.78 is 0. The third kappa shape index (κ3) is 2.15. The zero-order valence-electron chi connectivity index (χ0n) is 7.53. The van der Waals surface area contributed by atoms with E-state index in [4.69, 9.17) is 5.84 Å². The van der Waals surface area contributed by atoms with Gasteiger partial charge in [-0.15, -0.1) is 10.2 Å². The molecule has 0 aliphatic heterocycles. The fraction of sp³-hybridized carbons (Fsp3) is 0.714. The van der Waals surface area contributed by atoms with Crippen molar-refractivity contribution in [1.82, 2.24) is 15.1 Å². The lowest BCUT2D eigenvalue weighted by Crippen LogP contribution is -2.19. The number of hydrazine groups is 1. The Bertz CT molecular complexity index is 282. The quantitative estimate of drug-likeness (QED) is 0.543. The second-order valence-corrected chi connectivity index (χ2v) is 4.35. The Morgan fingerprint density at radius 1 is 1.62 bits per heavy atom. The average Bonchev–Trinajstić information content (AvgIpc) is 2.88. The highest BCUT2D eigenvalue weighted by Gasteiger charge is 2.26. The molecule has 0 spiro atoms. The van der Waals surface area contributed by atoms with Crippen LogP contribution in [0.15, 0.2) is 0 Å². The van der Waals surface area contributed by atoms with Gasteiger partial charge in [0.1, 0.15) is 5.01 Å². The summed E-state index contributed by atoms with van der Waals surface area (Å²) >= 11 is 1.51. The first kappa shape index (κ1) is 8.86. The van der Waals surface area contributed by atoms with Crippen LogP contribution in [0.1, 0.15) is 17.8 Å². The summed E-state index contributed by atoms with van der Waals surface area (Å²) in [6.45, 7) is 0.879. The van der Waals surface area contributed by atoms with Crippen molar-refractivity contribution in [3.63, 3.8) is 0 Å². The molecule has 1 fully saturated rings. The summed E-state index contributed by atoms with van der Waals surface area (Å²) in [6.07, 6.45) is 2.63. The predicted molar refractivity (Wildman–Crippen MR) is 52.2 cm³/mol. The molecule has 2 rings (SSSR count). The molecule has 1 aromatic rings. The van der Waals surface area contributed by atoms with Gasteiger partial charge in [-0.25, -0.2) is 5.84 Å². The van der Waals surface area contributed by atoms with Crippen molar-refractivity contribution in [2.24, 2.45) is 5.84 Å². The van der Waals surface area contributed by atoms with Crippen LogP contribution >= 0.6 is 11.3 Å². The fourth-order valence-corrected chi connectivity index (χ4v) is 1.95. The molecular weight excluding hydrogens is 186 g/mol. The van der Waals surface area contributed by atoms with Crippen molar-refractivity contribution >= 4 is 16.5 Å². The van der Waals surface area contributed by atoms with E-state index in [1.165, 1.54) is 24.2 Å². The van der Waals surface area contributed by atoms with Gasteiger partial charge in [0.2, 0.25) is 5.13 Å². The van der Waals surface area contributed by atoms with E-state index in [-0.39, 0.29) is 0 Å². The smallest absolute Gasteiger partial charge is 0.219 e. The minimum atomic E-state index is 0.680. The number of nitrogen functional groups attached to an aromatic ring is 1. The zero-order valence-corrected chi connectivity index (χ0v) is 8.34. The Labute approximate surface area is 80.9 Å². The fourth-order valence-electron chi connectivity index (χ4n) is 1.23. The lowest BCUT2D eigenvalue weighted by atomic mass is 10.5. The van der Waals surface area contributed by atoms with E-state index < -0.39 is 0 Å².